The zero-order valence-corrected chi connectivity index (χ0v) is 14.7. The molecule has 4 rings (SSSR count). The molecule has 0 atom stereocenters. The molecular weight excluding hydrogens is 292 g/mol. The maximum absolute atomic E-state index is 6.37. The molecule has 0 saturated heterocycles. The summed E-state index contributed by atoms with van der Waals surface area (Å²) in [5, 5.41) is 0. The van der Waals surface area contributed by atoms with Crippen molar-refractivity contribution in [1.29, 1.82) is 0 Å². The lowest BCUT2D eigenvalue weighted by Gasteiger charge is -2.36. The van der Waals surface area contributed by atoms with Crippen molar-refractivity contribution < 1.29 is 4.74 Å². The standard InChI is InChI=1S/C23H22O/c1-15-9-8-12-19-21(15)24-22-16(2)13-18(14-20(22)23(19,3)4)17-10-6-5-7-11-17/h5-14H,1-4H3. The van der Waals surface area contributed by atoms with E-state index in [1.807, 2.05) is 0 Å². The van der Waals surface area contributed by atoms with Crippen LogP contribution in [0, 0.1) is 13.8 Å². The lowest BCUT2D eigenvalue weighted by atomic mass is 9.74. The Morgan fingerprint density at radius 3 is 2.12 bits per heavy atom. The molecular formula is C23H22O. The summed E-state index contributed by atoms with van der Waals surface area (Å²) in [6, 6.07) is 21.5. The molecule has 1 aliphatic heterocycles. The Hall–Kier alpha value is -2.54. The molecule has 120 valence electrons. The second-order valence-electron chi connectivity index (χ2n) is 7.21. The summed E-state index contributed by atoms with van der Waals surface area (Å²) in [5.41, 5.74) is 7.32. The first-order chi connectivity index (χ1) is 11.5. The van der Waals surface area contributed by atoms with Crippen LogP contribution in [0.4, 0.5) is 0 Å². The maximum Gasteiger partial charge on any atom is 0.134 e. The van der Waals surface area contributed by atoms with Crippen LogP contribution >= 0.6 is 0 Å². The first-order valence-corrected chi connectivity index (χ1v) is 8.47. The van der Waals surface area contributed by atoms with E-state index in [9.17, 15) is 0 Å². The zero-order valence-electron chi connectivity index (χ0n) is 14.7. The van der Waals surface area contributed by atoms with Gasteiger partial charge < -0.3 is 4.74 Å². The molecule has 3 aromatic carbocycles. The van der Waals surface area contributed by atoms with Gasteiger partial charge in [-0.15, -0.1) is 0 Å². The molecule has 0 unspecified atom stereocenters. The van der Waals surface area contributed by atoms with Crippen molar-refractivity contribution >= 4 is 0 Å². The smallest absolute Gasteiger partial charge is 0.134 e. The van der Waals surface area contributed by atoms with Gasteiger partial charge in [0, 0.05) is 16.5 Å². The highest BCUT2D eigenvalue weighted by atomic mass is 16.5. The van der Waals surface area contributed by atoms with Gasteiger partial charge in [-0.25, -0.2) is 0 Å². The van der Waals surface area contributed by atoms with E-state index in [0.29, 0.717) is 0 Å². The van der Waals surface area contributed by atoms with Crippen molar-refractivity contribution in [2.24, 2.45) is 0 Å². The summed E-state index contributed by atoms with van der Waals surface area (Å²) in [4.78, 5) is 0. The number of hydrogen-bond acceptors (Lipinski definition) is 1. The van der Waals surface area contributed by atoms with Gasteiger partial charge in [-0.05, 0) is 48.2 Å². The molecule has 0 N–H and O–H groups in total. The van der Waals surface area contributed by atoms with Crippen molar-refractivity contribution in [3.8, 4) is 22.6 Å². The van der Waals surface area contributed by atoms with Crippen LogP contribution in [0.2, 0.25) is 0 Å². The highest BCUT2D eigenvalue weighted by molar-refractivity contribution is 5.71. The van der Waals surface area contributed by atoms with Crippen LogP contribution in [-0.2, 0) is 5.41 Å². The lowest BCUT2D eigenvalue weighted by molar-refractivity contribution is 0.412. The first-order valence-electron chi connectivity index (χ1n) is 8.47. The topological polar surface area (TPSA) is 9.23 Å². The highest BCUT2D eigenvalue weighted by Crippen LogP contribution is 2.51. The van der Waals surface area contributed by atoms with E-state index < -0.39 is 0 Å². The number of fused-ring (bicyclic) bond motifs is 2. The van der Waals surface area contributed by atoms with Crippen LogP contribution in [0.25, 0.3) is 11.1 Å². The minimum atomic E-state index is -0.0789. The third-order valence-corrected chi connectivity index (χ3v) is 5.14. The highest BCUT2D eigenvalue weighted by Gasteiger charge is 2.35. The second kappa shape index (κ2) is 5.24. The minimum absolute atomic E-state index is 0.0789. The Labute approximate surface area is 143 Å². The van der Waals surface area contributed by atoms with Crippen LogP contribution in [-0.4, -0.2) is 0 Å². The number of ether oxygens (including phenoxy) is 1. The molecule has 0 fully saturated rings. The summed E-state index contributed by atoms with van der Waals surface area (Å²) >= 11 is 0. The van der Waals surface area contributed by atoms with E-state index in [2.05, 4.69) is 88.4 Å². The van der Waals surface area contributed by atoms with Crippen molar-refractivity contribution in [3.05, 3.63) is 82.9 Å². The number of para-hydroxylation sites is 1. The summed E-state index contributed by atoms with van der Waals surface area (Å²) in [6.07, 6.45) is 0. The molecule has 0 aliphatic carbocycles. The molecule has 0 spiro atoms. The van der Waals surface area contributed by atoms with Crippen LogP contribution in [0.3, 0.4) is 0 Å². The SMILES string of the molecule is Cc1cccc2c1Oc1c(C)cc(-c3ccccc3)cc1C2(C)C. The normalized spacial score (nSPS) is 14.5. The predicted octanol–water partition coefficient (Wildman–Crippen LogP) is 6.40. The minimum Gasteiger partial charge on any atom is -0.456 e. The summed E-state index contributed by atoms with van der Waals surface area (Å²) in [5.74, 6) is 2.03. The Morgan fingerprint density at radius 2 is 1.38 bits per heavy atom. The van der Waals surface area contributed by atoms with E-state index in [1.165, 1.54) is 33.4 Å². The fourth-order valence-electron chi connectivity index (χ4n) is 3.70. The van der Waals surface area contributed by atoms with E-state index in [4.69, 9.17) is 4.74 Å². The number of benzene rings is 3. The van der Waals surface area contributed by atoms with Gasteiger partial charge in [0.2, 0.25) is 0 Å². The quantitative estimate of drug-likeness (QED) is 0.505. The Morgan fingerprint density at radius 1 is 0.667 bits per heavy atom. The third kappa shape index (κ3) is 2.16. The fourth-order valence-corrected chi connectivity index (χ4v) is 3.70. The molecule has 1 nitrogen and oxygen atoms in total. The molecule has 1 heteroatoms. The zero-order chi connectivity index (χ0) is 16.9. The third-order valence-electron chi connectivity index (χ3n) is 5.14. The molecule has 24 heavy (non-hydrogen) atoms. The van der Waals surface area contributed by atoms with Crippen molar-refractivity contribution in [2.45, 2.75) is 33.1 Å². The van der Waals surface area contributed by atoms with Gasteiger partial charge in [0.25, 0.3) is 0 Å². The molecule has 0 radical (unpaired) electrons. The largest absolute Gasteiger partial charge is 0.456 e. The molecule has 1 heterocycles. The van der Waals surface area contributed by atoms with Gasteiger partial charge in [0.15, 0.2) is 0 Å². The average molecular weight is 314 g/mol. The number of hydrogen-bond donors (Lipinski definition) is 0. The molecule has 1 aliphatic rings. The summed E-state index contributed by atoms with van der Waals surface area (Å²) < 4.78 is 6.37. The molecule has 3 aromatic rings. The van der Waals surface area contributed by atoms with Crippen molar-refractivity contribution in [3.63, 3.8) is 0 Å². The summed E-state index contributed by atoms with van der Waals surface area (Å²) in [7, 11) is 0. The van der Waals surface area contributed by atoms with Gasteiger partial charge in [0.1, 0.15) is 11.5 Å². The fraction of sp³-hybridized carbons (Fsp3) is 0.217. The van der Waals surface area contributed by atoms with Gasteiger partial charge >= 0.3 is 0 Å². The molecule has 0 saturated carbocycles. The number of rotatable bonds is 1. The van der Waals surface area contributed by atoms with Crippen LogP contribution in [0.15, 0.2) is 60.7 Å². The first kappa shape index (κ1) is 15.0. The van der Waals surface area contributed by atoms with E-state index in [-0.39, 0.29) is 5.41 Å². The lowest BCUT2D eigenvalue weighted by Crippen LogP contribution is -2.25. The van der Waals surface area contributed by atoms with Gasteiger partial charge in [-0.3, -0.25) is 0 Å². The molecule has 0 aromatic heterocycles. The van der Waals surface area contributed by atoms with Crippen LogP contribution in [0.5, 0.6) is 11.5 Å². The van der Waals surface area contributed by atoms with Crippen LogP contribution < -0.4 is 4.74 Å². The van der Waals surface area contributed by atoms with E-state index in [1.54, 1.807) is 0 Å². The monoisotopic (exact) mass is 314 g/mol. The Kier molecular flexibility index (Phi) is 3.28. The Balaban J connectivity index is 1.95. The van der Waals surface area contributed by atoms with E-state index in [0.717, 1.165) is 11.5 Å². The van der Waals surface area contributed by atoms with Crippen LogP contribution in [0.1, 0.15) is 36.1 Å². The van der Waals surface area contributed by atoms with Gasteiger partial charge in [0.05, 0.1) is 0 Å². The molecule has 0 amide bonds. The molecule has 0 bridgehead atoms. The average Bonchev–Trinajstić information content (AvgIpc) is 2.57. The number of aryl methyl sites for hydroxylation is 2. The summed E-state index contributed by atoms with van der Waals surface area (Å²) in [6.45, 7) is 8.85. The van der Waals surface area contributed by atoms with Crippen molar-refractivity contribution in [1.82, 2.24) is 0 Å². The van der Waals surface area contributed by atoms with E-state index >= 15 is 0 Å². The Bertz CT molecular complexity index is 920. The van der Waals surface area contributed by atoms with Gasteiger partial charge in [-0.1, -0.05) is 62.4 Å². The predicted molar refractivity (Wildman–Crippen MR) is 100.0 cm³/mol. The second-order valence-corrected chi connectivity index (χ2v) is 7.21. The van der Waals surface area contributed by atoms with Gasteiger partial charge in [-0.2, -0.15) is 0 Å². The maximum atomic E-state index is 6.37. The van der Waals surface area contributed by atoms with Crippen molar-refractivity contribution in [2.75, 3.05) is 0 Å².